The molecule has 4 N–H and O–H groups in total. The number of rotatable bonds is 2. The molecule has 1 atom stereocenters. The molecule has 1 aromatic heterocycles. The first-order valence-corrected chi connectivity index (χ1v) is 4.82. The average molecular weight is 193 g/mol. The van der Waals surface area contributed by atoms with Crippen molar-refractivity contribution in [3.63, 3.8) is 0 Å². The van der Waals surface area contributed by atoms with Gasteiger partial charge < -0.3 is 16.2 Å². The van der Waals surface area contributed by atoms with Gasteiger partial charge in [-0.2, -0.15) is 0 Å². The Morgan fingerprint density at radius 1 is 1.64 bits per heavy atom. The van der Waals surface area contributed by atoms with Crippen molar-refractivity contribution in [2.24, 2.45) is 0 Å². The van der Waals surface area contributed by atoms with Crippen LogP contribution < -0.4 is 11.1 Å². The lowest BCUT2D eigenvalue weighted by Crippen LogP contribution is -2.34. The van der Waals surface area contributed by atoms with Crippen LogP contribution in [0, 0.1) is 0 Å². The van der Waals surface area contributed by atoms with E-state index in [1.807, 2.05) is 12.1 Å². The summed E-state index contributed by atoms with van der Waals surface area (Å²) in [5.74, 6) is 0.521. The van der Waals surface area contributed by atoms with Crippen LogP contribution in [0.25, 0.3) is 0 Å². The Morgan fingerprint density at radius 2 is 2.50 bits per heavy atom. The Balaban J connectivity index is 2.14. The monoisotopic (exact) mass is 193 g/mol. The van der Waals surface area contributed by atoms with Crippen molar-refractivity contribution in [2.75, 3.05) is 18.8 Å². The van der Waals surface area contributed by atoms with Crippen LogP contribution in [-0.2, 0) is 6.42 Å². The number of pyridine rings is 1. The molecule has 1 aliphatic rings. The van der Waals surface area contributed by atoms with Crippen LogP contribution in [0.15, 0.2) is 18.3 Å². The molecule has 0 bridgehead atoms. The second-order valence-electron chi connectivity index (χ2n) is 3.88. The maximum absolute atomic E-state index is 10.1. The maximum atomic E-state index is 10.1. The van der Waals surface area contributed by atoms with Crippen LogP contribution >= 0.6 is 0 Å². The molecule has 2 heterocycles. The van der Waals surface area contributed by atoms with Crippen molar-refractivity contribution in [3.05, 3.63) is 23.9 Å². The minimum absolute atomic E-state index is 0.521. The summed E-state index contributed by atoms with van der Waals surface area (Å²) in [6.07, 6.45) is 3.02. The smallest absolute Gasteiger partial charge is 0.126 e. The van der Waals surface area contributed by atoms with E-state index in [0.717, 1.165) is 18.5 Å². The van der Waals surface area contributed by atoms with E-state index in [4.69, 9.17) is 5.73 Å². The average Bonchev–Trinajstić information content (AvgIpc) is 2.57. The number of hydrogen-bond donors (Lipinski definition) is 3. The minimum atomic E-state index is -0.642. The third-order valence-electron chi connectivity index (χ3n) is 2.67. The molecule has 76 valence electrons. The van der Waals surface area contributed by atoms with E-state index in [2.05, 4.69) is 10.3 Å². The fraction of sp³-hybridized carbons (Fsp3) is 0.500. The van der Waals surface area contributed by atoms with Gasteiger partial charge >= 0.3 is 0 Å². The number of hydrogen-bond acceptors (Lipinski definition) is 4. The second kappa shape index (κ2) is 3.55. The van der Waals surface area contributed by atoms with E-state index in [-0.39, 0.29) is 0 Å². The molecule has 1 unspecified atom stereocenters. The zero-order valence-corrected chi connectivity index (χ0v) is 8.03. The Morgan fingerprint density at radius 3 is 3.14 bits per heavy atom. The molecule has 4 heteroatoms. The van der Waals surface area contributed by atoms with E-state index < -0.39 is 5.60 Å². The van der Waals surface area contributed by atoms with Gasteiger partial charge in [0, 0.05) is 19.2 Å². The highest BCUT2D eigenvalue weighted by Crippen LogP contribution is 2.22. The van der Waals surface area contributed by atoms with Crippen molar-refractivity contribution < 1.29 is 5.11 Å². The number of nitrogens with two attached hydrogens (primary N) is 1. The van der Waals surface area contributed by atoms with Gasteiger partial charge in [0.1, 0.15) is 5.82 Å². The zero-order chi connectivity index (χ0) is 10.0. The van der Waals surface area contributed by atoms with Gasteiger partial charge in [-0.05, 0) is 24.6 Å². The lowest BCUT2D eigenvalue weighted by molar-refractivity contribution is 0.0620. The van der Waals surface area contributed by atoms with Crippen molar-refractivity contribution in [1.82, 2.24) is 10.3 Å². The highest BCUT2D eigenvalue weighted by molar-refractivity contribution is 5.39. The molecule has 0 radical (unpaired) electrons. The normalized spacial score (nSPS) is 26.6. The molecule has 1 aliphatic heterocycles. The fourth-order valence-corrected chi connectivity index (χ4v) is 1.84. The number of anilines is 1. The van der Waals surface area contributed by atoms with E-state index in [1.165, 1.54) is 0 Å². The molecule has 0 aliphatic carbocycles. The number of β-amino-alcohol motifs (C(OH)–C–C–N with tert-alkyl or cyclic N) is 1. The molecule has 0 saturated carbocycles. The lowest BCUT2D eigenvalue weighted by atomic mass is 9.94. The first-order valence-electron chi connectivity index (χ1n) is 4.82. The third-order valence-corrected chi connectivity index (χ3v) is 2.67. The molecule has 0 spiro atoms. The van der Waals surface area contributed by atoms with E-state index in [0.29, 0.717) is 18.8 Å². The van der Waals surface area contributed by atoms with Crippen LogP contribution in [0.1, 0.15) is 12.0 Å². The molecule has 0 aromatic carbocycles. The molecular formula is C10H15N3O. The molecule has 0 amide bonds. The van der Waals surface area contributed by atoms with Crippen LogP contribution in [-0.4, -0.2) is 28.8 Å². The summed E-state index contributed by atoms with van der Waals surface area (Å²) in [7, 11) is 0. The first kappa shape index (κ1) is 9.43. The predicted molar refractivity (Wildman–Crippen MR) is 54.8 cm³/mol. The summed E-state index contributed by atoms with van der Waals surface area (Å²) in [5, 5.41) is 13.3. The van der Waals surface area contributed by atoms with Crippen molar-refractivity contribution >= 4 is 5.82 Å². The molecule has 1 fully saturated rings. The highest BCUT2D eigenvalue weighted by atomic mass is 16.3. The largest absolute Gasteiger partial charge is 0.388 e. The number of nitrogens with one attached hydrogen (secondary N) is 1. The van der Waals surface area contributed by atoms with Crippen molar-refractivity contribution in [2.45, 2.75) is 18.4 Å². The Bertz CT molecular complexity index is 321. The minimum Gasteiger partial charge on any atom is -0.388 e. The SMILES string of the molecule is Nc1ncccc1CC1(O)CCNC1. The fourth-order valence-electron chi connectivity index (χ4n) is 1.84. The second-order valence-corrected chi connectivity index (χ2v) is 3.88. The summed E-state index contributed by atoms with van der Waals surface area (Å²) < 4.78 is 0. The first-order chi connectivity index (χ1) is 6.70. The van der Waals surface area contributed by atoms with Crippen molar-refractivity contribution in [1.29, 1.82) is 0 Å². The number of nitrogens with zero attached hydrogens (tertiary/aromatic N) is 1. The summed E-state index contributed by atoms with van der Waals surface area (Å²) in [6, 6.07) is 3.76. The van der Waals surface area contributed by atoms with Gasteiger partial charge in [0.05, 0.1) is 5.60 Å². The lowest BCUT2D eigenvalue weighted by Gasteiger charge is -2.21. The van der Waals surface area contributed by atoms with Gasteiger partial charge in [-0.25, -0.2) is 4.98 Å². The third kappa shape index (κ3) is 1.86. The van der Waals surface area contributed by atoms with E-state index >= 15 is 0 Å². The zero-order valence-electron chi connectivity index (χ0n) is 8.03. The summed E-state index contributed by atoms with van der Waals surface area (Å²) in [5.41, 5.74) is 6.00. The molecule has 1 saturated heterocycles. The Kier molecular flexibility index (Phi) is 2.39. The maximum Gasteiger partial charge on any atom is 0.126 e. The van der Waals surface area contributed by atoms with Crippen molar-refractivity contribution in [3.8, 4) is 0 Å². The Hall–Kier alpha value is -1.13. The summed E-state index contributed by atoms with van der Waals surface area (Å²) in [4.78, 5) is 4.00. The topological polar surface area (TPSA) is 71.2 Å². The number of aromatic nitrogens is 1. The van der Waals surface area contributed by atoms with E-state index in [9.17, 15) is 5.11 Å². The van der Waals surface area contributed by atoms with Gasteiger partial charge in [-0.3, -0.25) is 0 Å². The quantitative estimate of drug-likeness (QED) is 0.615. The molecule has 2 rings (SSSR count). The van der Waals surface area contributed by atoms with Crippen LogP contribution in [0.5, 0.6) is 0 Å². The molecule has 14 heavy (non-hydrogen) atoms. The van der Waals surface area contributed by atoms with Crippen LogP contribution in [0.4, 0.5) is 5.82 Å². The van der Waals surface area contributed by atoms with E-state index in [1.54, 1.807) is 6.20 Å². The Labute approximate surface area is 83.2 Å². The van der Waals surface area contributed by atoms with Gasteiger partial charge in [0.25, 0.3) is 0 Å². The predicted octanol–water partition coefficient (Wildman–Crippen LogP) is -0.0693. The van der Waals surface area contributed by atoms with Gasteiger partial charge in [0.15, 0.2) is 0 Å². The molecule has 4 nitrogen and oxygen atoms in total. The van der Waals surface area contributed by atoms with Crippen LogP contribution in [0.3, 0.4) is 0 Å². The molecular weight excluding hydrogens is 178 g/mol. The van der Waals surface area contributed by atoms with Crippen LogP contribution in [0.2, 0.25) is 0 Å². The summed E-state index contributed by atoms with van der Waals surface area (Å²) in [6.45, 7) is 1.51. The van der Waals surface area contributed by atoms with Gasteiger partial charge in [-0.1, -0.05) is 6.07 Å². The number of aliphatic hydroxyl groups is 1. The number of nitrogen functional groups attached to an aromatic ring is 1. The summed E-state index contributed by atoms with van der Waals surface area (Å²) >= 11 is 0. The van der Waals surface area contributed by atoms with Gasteiger partial charge in [-0.15, -0.1) is 0 Å². The standard InChI is InChI=1S/C10H15N3O/c11-9-8(2-1-4-13-9)6-10(14)3-5-12-7-10/h1-2,4,12,14H,3,5-7H2,(H2,11,13). The molecule has 1 aromatic rings. The van der Waals surface area contributed by atoms with Gasteiger partial charge in [0.2, 0.25) is 0 Å². The highest BCUT2D eigenvalue weighted by Gasteiger charge is 2.31.